The van der Waals surface area contributed by atoms with Gasteiger partial charge < -0.3 is 9.80 Å². The summed E-state index contributed by atoms with van der Waals surface area (Å²) in [5, 5.41) is 2.57. The van der Waals surface area contributed by atoms with Gasteiger partial charge in [0.1, 0.15) is 5.01 Å². The van der Waals surface area contributed by atoms with Crippen molar-refractivity contribution in [2.75, 3.05) is 31.6 Å². The third kappa shape index (κ3) is 4.21. The van der Waals surface area contributed by atoms with Gasteiger partial charge in [-0.15, -0.1) is 11.3 Å². The van der Waals surface area contributed by atoms with E-state index in [4.69, 9.17) is 0 Å². The van der Waals surface area contributed by atoms with Gasteiger partial charge in [0, 0.05) is 38.3 Å². The van der Waals surface area contributed by atoms with Crippen molar-refractivity contribution < 1.29 is 14.4 Å². The maximum atomic E-state index is 13.2. The Morgan fingerprint density at radius 1 is 1.29 bits per heavy atom. The van der Waals surface area contributed by atoms with E-state index in [2.05, 4.69) is 16.8 Å². The Bertz CT molecular complexity index is 975. The Labute approximate surface area is 186 Å². The Hall–Kier alpha value is -2.74. The van der Waals surface area contributed by atoms with Crippen LogP contribution in [0.5, 0.6) is 0 Å². The lowest BCUT2D eigenvalue weighted by molar-refractivity contribution is -0.134. The summed E-state index contributed by atoms with van der Waals surface area (Å²) in [4.78, 5) is 48.5. The molecule has 0 bridgehead atoms. The van der Waals surface area contributed by atoms with Crippen LogP contribution < -0.4 is 4.90 Å². The minimum atomic E-state index is -0.278. The minimum absolute atomic E-state index is 0.0925. The molecule has 1 atom stereocenters. The summed E-state index contributed by atoms with van der Waals surface area (Å²) in [6, 6.07) is 5.43. The summed E-state index contributed by atoms with van der Waals surface area (Å²) < 4.78 is 0. The molecule has 0 radical (unpaired) electrons. The van der Waals surface area contributed by atoms with Gasteiger partial charge in [-0.3, -0.25) is 19.3 Å². The van der Waals surface area contributed by atoms with Gasteiger partial charge in [0.05, 0.1) is 29.3 Å². The smallest absolute Gasteiger partial charge is 0.264 e. The quantitative estimate of drug-likeness (QED) is 0.617. The first kappa shape index (κ1) is 21.5. The van der Waals surface area contributed by atoms with Crippen molar-refractivity contribution in [2.24, 2.45) is 5.92 Å². The van der Waals surface area contributed by atoms with Crippen LogP contribution in [0.1, 0.15) is 58.3 Å². The van der Waals surface area contributed by atoms with E-state index in [9.17, 15) is 14.4 Å². The van der Waals surface area contributed by atoms with Crippen LogP contribution >= 0.6 is 11.3 Å². The van der Waals surface area contributed by atoms with Crippen LogP contribution in [0.15, 0.2) is 29.8 Å². The number of unbranched alkanes of at least 4 members (excludes halogenated alkanes) is 1. The number of piperidine rings is 1. The largest absolute Gasteiger partial charge is 0.370 e. The molecule has 4 rings (SSSR count). The van der Waals surface area contributed by atoms with Gasteiger partial charge in [-0.2, -0.15) is 0 Å². The second kappa shape index (κ2) is 9.18. The Morgan fingerprint density at radius 2 is 2.13 bits per heavy atom. The van der Waals surface area contributed by atoms with E-state index in [0.717, 1.165) is 49.5 Å². The zero-order valence-corrected chi connectivity index (χ0v) is 18.9. The highest BCUT2D eigenvalue weighted by molar-refractivity contribution is 7.09. The van der Waals surface area contributed by atoms with Gasteiger partial charge in [0.2, 0.25) is 5.91 Å². The van der Waals surface area contributed by atoms with Crippen LogP contribution in [-0.2, 0) is 11.3 Å². The summed E-state index contributed by atoms with van der Waals surface area (Å²) in [6.07, 6.45) is 5.46. The number of rotatable bonds is 7. The molecule has 7 nitrogen and oxygen atoms in total. The molecule has 0 aliphatic carbocycles. The number of imide groups is 1. The number of anilines is 1. The van der Waals surface area contributed by atoms with Crippen LogP contribution in [0.2, 0.25) is 0 Å². The maximum absolute atomic E-state index is 13.2. The van der Waals surface area contributed by atoms with Crippen LogP contribution in [0, 0.1) is 5.92 Å². The predicted molar refractivity (Wildman–Crippen MR) is 120 cm³/mol. The van der Waals surface area contributed by atoms with Crippen LogP contribution in [0.4, 0.5) is 5.69 Å². The van der Waals surface area contributed by atoms with Crippen molar-refractivity contribution >= 4 is 34.7 Å². The van der Waals surface area contributed by atoms with Crippen molar-refractivity contribution in [1.29, 1.82) is 0 Å². The molecule has 3 heterocycles. The van der Waals surface area contributed by atoms with Gasteiger partial charge in [-0.1, -0.05) is 19.4 Å². The predicted octanol–water partition coefficient (Wildman–Crippen LogP) is 3.41. The van der Waals surface area contributed by atoms with E-state index >= 15 is 0 Å². The van der Waals surface area contributed by atoms with E-state index in [0.29, 0.717) is 17.7 Å². The molecule has 2 aliphatic heterocycles. The fourth-order valence-electron chi connectivity index (χ4n) is 4.40. The van der Waals surface area contributed by atoms with Crippen LogP contribution in [0.3, 0.4) is 0 Å². The lowest BCUT2D eigenvalue weighted by atomic mass is 9.95. The fraction of sp³-hybridized carbons (Fsp3) is 0.478. The molecule has 0 saturated carbocycles. The molecular weight excluding hydrogens is 412 g/mol. The number of carbonyl (C=O) groups excluding carboxylic acids is 3. The number of nitrogens with zero attached hydrogens (tertiary/aromatic N) is 4. The van der Waals surface area contributed by atoms with Crippen LogP contribution in [-0.4, -0.2) is 59.2 Å². The third-order valence-electron chi connectivity index (χ3n) is 6.09. The van der Waals surface area contributed by atoms with Crippen molar-refractivity contribution in [2.45, 2.75) is 39.2 Å². The van der Waals surface area contributed by atoms with Gasteiger partial charge in [0.25, 0.3) is 11.8 Å². The van der Waals surface area contributed by atoms with Crippen molar-refractivity contribution in [3.8, 4) is 0 Å². The normalized spacial score (nSPS) is 18.5. The van der Waals surface area contributed by atoms with Crippen molar-refractivity contribution in [3.63, 3.8) is 0 Å². The molecule has 164 valence electrons. The number of hydrogen-bond acceptors (Lipinski definition) is 6. The van der Waals surface area contributed by atoms with E-state index < -0.39 is 0 Å². The first-order valence-electron chi connectivity index (χ1n) is 10.9. The lowest BCUT2D eigenvalue weighted by Gasteiger charge is -2.36. The molecular formula is C23H28N4O3S. The first-order chi connectivity index (χ1) is 15.0. The molecule has 1 unspecified atom stereocenters. The summed E-state index contributed by atoms with van der Waals surface area (Å²) in [6.45, 7) is 4.41. The molecule has 1 saturated heterocycles. The molecule has 1 aromatic heterocycles. The summed E-state index contributed by atoms with van der Waals surface area (Å²) >= 11 is 1.43. The van der Waals surface area contributed by atoms with Crippen molar-refractivity contribution in [3.05, 3.63) is 45.9 Å². The fourth-order valence-corrected chi connectivity index (χ4v) is 5.01. The molecule has 3 amide bonds. The SMILES string of the molecule is CCCCN(C)C(=O)C1CCCN(c2cccc3c2C(=O)N(Cc2nccs2)C3=O)C1. The van der Waals surface area contributed by atoms with Gasteiger partial charge >= 0.3 is 0 Å². The Kier molecular flexibility index (Phi) is 6.36. The third-order valence-corrected chi connectivity index (χ3v) is 6.85. The zero-order valence-electron chi connectivity index (χ0n) is 18.0. The lowest BCUT2D eigenvalue weighted by Crippen LogP contribution is -2.44. The second-order valence-corrected chi connectivity index (χ2v) is 9.20. The van der Waals surface area contributed by atoms with E-state index in [1.54, 1.807) is 12.3 Å². The highest BCUT2D eigenvalue weighted by Crippen LogP contribution is 2.35. The average molecular weight is 441 g/mol. The highest BCUT2D eigenvalue weighted by atomic mass is 32.1. The number of amides is 3. The first-order valence-corrected chi connectivity index (χ1v) is 11.8. The zero-order chi connectivity index (χ0) is 22.0. The average Bonchev–Trinajstić information content (AvgIpc) is 3.40. The number of benzene rings is 1. The Balaban J connectivity index is 1.55. The van der Waals surface area contributed by atoms with Gasteiger partial charge in [-0.05, 0) is 31.4 Å². The standard InChI is InChI=1S/C23H28N4O3S/c1-3-4-11-25(2)21(28)16-7-6-12-26(14-16)18-9-5-8-17-20(18)23(30)27(22(17)29)15-19-24-10-13-31-19/h5,8-10,13,16H,3-4,6-7,11-12,14-15H2,1-2H3. The highest BCUT2D eigenvalue weighted by Gasteiger charge is 2.39. The molecule has 0 N–H and O–H groups in total. The number of thiazole rings is 1. The second-order valence-electron chi connectivity index (χ2n) is 8.22. The molecule has 2 aromatic rings. The Morgan fingerprint density at radius 3 is 2.87 bits per heavy atom. The molecule has 31 heavy (non-hydrogen) atoms. The molecule has 8 heteroatoms. The number of carbonyl (C=O) groups is 3. The summed E-state index contributed by atoms with van der Waals surface area (Å²) in [5.41, 5.74) is 1.65. The molecule has 2 aliphatic rings. The maximum Gasteiger partial charge on any atom is 0.264 e. The van der Waals surface area contributed by atoms with Gasteiger partial charge in [-0.25, -0.2) is 4.98 Å². The van der Waals surface area contributed by atoms with E-state index in [1.165, 1.54) is 16.2 Å². The molecule has 0 spiro atoms. The van der Waals surface area contributed by atoms with Crippen molar-refractivity contribution in [1.82, 2.24) is 14.8 Å². The monoisotopic (exact) mass is 440 g/mol. The minimum Gasteiger partial charge on any atom is -0.370 e. The van der Waals surface area contributed by atoms with E-state index in [1.807, 2.05) is 29.5 Å². The number of hydrogen-bond donors (Lipinski definition) is 0. The van der Waals surface area contributed by atoms with E-state index in [-0.39, 0.29) is 30.2 Å². The summed E-state index contributed by atoms with van der Waals surface area (Å²) in [7, 11) is 1.87. The summed E-state index contributed by atoms with van der Waals surface area (Å²) in [5.74, 6) is -0.482. The topological polar surface area (TPSA) is 73.8 Å². The number of aromatic nitrogens is 1. The number of fused-ring (bicyclic) bond motifs is 1. The van der Waals surface area contributed by atoms with Crippen LogP contribution in [0.25, 0.3) is 0 Å². The molecule has 1 fully saturated rings. The molecule has 1 aromatic carbocycles. The van der Waals surface area contributed by atoms with Gasteiger partial charge in [0.15, 0.2) is 0 Å².